The van der Waals surface area contributed by atoms with Crippen LogP contribution in [0.25, 0.3) is 0 Å². The van der Waals surface area contributed by atoms with Gasteiger partial charge in [-0.25, -0.2) is 0 Å². The standard InChI is InChI=1S/C31H33NO2/c33-21-22-19-31(20-22)14-16-32(17-15-31)26-9-6-24(7-10-26)30-28(23-4-2-1-3-5-23)12-8-25-18-27(34)11-13-29(25)30/h1-7,9-11,13,18,21-22,28,30,34H,8,12,14-17,19-20H2/t28-,30+/m1/s1. The Morgan fingerprint density at radius 2 is 1.62 bits per heavy atom. The van der Waals surface area contributed by atoms with Gasteiger partial charge < -0.3 is 14.8 Å². The molecular weight excluding hydrogens is 418 g/mol. The normalized spacial score (nSPS) is 23.8. The Labute approximate surface area is 202 Å². The summed E-state index contributed by atoms with van der Waals surface area (Å²) in [6.45, 7) is 2.17. The summed E-state index contributed by atoms with van der Waals surface area (Å²) in [5.74, 6) is 1.40. The molecule has 0 radical (unpaired) electrons. The maximum atomic E-state index is 11.0. The summed E-state index contributed by atoms with van der Waals surface area (Å²) in [7, 11) is 0. The van der Waals surface area contributed by atoms with E-state index in [1.807, 2.05) is 12.1 Å². The highest BCUT2D eigenvalue weighted by Crippen LogP contribution is 2.52. The maximum Gasteiger partial charge on any atom is 0.123 e. The number of benzene rings is 3. The lowest BCUT2D eigenvalue weighted by atomic mass is 9.58. The van der Waals surface area contributed by atoms with E-state index in [2.05, 4.69) is 65.6 Å². The zero-order valence-electron chi connectivity index (χ0n) is 19.7. The molecule has 174 valence electrons. The number of aromatic hydroxyl groups is 1. The van der Waals surface area contributed by atoms with Crippen LogP contribution in [-0.2, 0) is 11.2 Å². The van der Waals surface area contributed by atoms with Gasteiger partial charge in [-0.2, -0.15) is 0 Å². The van der Waals surface area contributed by atoms with Crippen LogP contribution in [0.1, 0.15) is 66.2 Å². The number of fused-ring (bicyclic) bond motifs is 1. The zero-order chi connectivity index (χ0) is 23.1. The lowest BCUT2D eigenvalue weighted by Gasteiger charge is -2.51. The van der Waals surface area contributed by atoms with Gasteiger partial charge in [-0.15, -0.1) is 0 Å². The first-order chi connectivity index (χ1) is 16.6. The highest BCUT2D eigenvalue weighted by Gasteiger charge is 2.45. The minimum absolute atomic E-state index is 0.292. The van der Waals surface area contributed by atoms with Crippen LogP contribution in [0.4, 0.5) is 5.69 Å². The van der Waals surface area contributed by atoms with E-state index in [-0.39, 0.29) is 0 Å². The Hall–Kier alpha value is -3.07. The van der Waals surface area contributed by atoms with E-state index >= 15 is 0 Å². The van der Waals surface area contributed by atoms with Crippen molar-refractivity contribution >= 4 is 12.0 Å². The molecule has 0 aromatic heterocycles. The minimum Gasteiger partial charge on any atom is -0.508 e. The van der Waals surface area contributed by atoms with E-state index in [1.165, 1.54) is 40.8 Å². The third-order valence-corrected chi connectivity index (χ3v) is 8.84. The molecule has 6 rings (SSSR count). The van der Waals surface area contributed by atoms with Gasteiger partial charge >= 0.3 is 0 Å². The maximum absolute atomic E-state index is 11.0. The summed E-state index contributed by atoms with van der Waals surface area (Å²) in [5.41, 5.74) is 7.11. The second-order valence-corrected chi connectivity index (χ2v) is 10.8. The third-order valence-electron chi connectivity index (χ3n) is 8.84. The van der Waals surface area contributed by atoms with Crippen molar-refractivity contribution in [2.45, 2.75) is 50.4 Å². The smallest absolute Gasteiger partial charge is 0.123 e. The molecule has 1 spiro atoms. The van der Waals surface area contributed by atoms with E-state index in [9.17, 15) is 9.90 Å². The molecule has 1 N–H and O–H groups in total. The first kappa shape index (κ1) is 21.5. The number of aryl methyl sites for hydroxylation is 1. The highest BCUT2D eigenvalue weighted by molar-refractivity contribution is 5.56. The van der Waals surface area contributed by atoms with Crippen molar-refractivity contribution < 1.29 is 9.90 Å². The van der Waals surface area contributed by atoms with Crippen LogP contribution in [0, 0.1) is 11.3 Å². The molecule has 34 heavy (non-hydrogen) atoms. The van der Waals surface area contributed by atoms with Gasteiger partial charge in [-0.3, -0.25) is 0 Å². The fraction of sp³-hybridized carbons (Fsp3) is 0.387. The Kier molecular flexibility index (Phi) is 5.44. The molecule has 1 saturated heterocycles. The molecule has 1 aliphatic heterocycles. The molecule has 1 heterocycles. The first-order valence-electron chi connectivity index (χ1n) is 12.8. The average Bonchev–Trinajstić information content (AvgIpc) is 2.87. The monoisotopic (exact) mass is 451 g/mol. The van der Waals surface area contributed by atoms with Crippen LogP contribution >= 0.6 is 0 Å². The van der Waals surface area contributed by atoms with Crippen LogP contribution in [0.15, 0.2) is 72.8 Å². The Bertz CT molecular complexity index is 1150. The predicted molar refractivity (Wildman–Crippen MR) is 137 cm³/mol. The van der Waals surface area contributed by atoms with E-state index in [4.69, 9.17) is 0 Å². The van der Waals surface area contributed by atoms with Crippen LogP contribution in [0.3, 0.4) is 0 Å². The molecule has 3 aromatic rings. The summed E-state index contributed by atoms with van der Waals surface area (Å²) in [6.07, 6.45) is 7.84. The highest BCUT2D eigenvalue weighted by atomic mass is 16.3. The fourth-order valence-electron chi connectivity index (χ4n) is 6.97. The van der Waals surface area contributed by atoms with Crippen molar-refractivity contribution in [3.63, 3.8) is 0 Å². The molecular formula is C31H33NO2. The molecule has 3 aromatic carbocycles. The number of hydrogen-bond acceptors (Lipinski definition) is 3. The van der Waals surface area contributed by atoms with Gasteiger partial charge in [-0.05, 0) is 96.4 Å². The number of rotatable bonds is 4. The molecule has 0 amide bonds. The number of piperidine rings is 1. The molecule has 0 unspecified atom stereocenters. The van der Waals surface area contributed by atoms with Crippen LogP contribution in [0.2, 0.25) is 0 Å². The lowest BCUT2D eigenvalue weighted by Crippen LogP contribution is -2.47. The van der Waals surface area contributed by atoms with Crippen LogP contribution in [0.5, 0.6) is 5.75 Å². The number of aldehydes is 1. The molecule has 3 nitrogen and oxygen atoms in total. The van der Waals surface area contributed by atoms with E-state index < -0.39 is 0 Å². The number of nitrogens with zero attached hydrogens (tertiary/aromatic N) is 1. The Morgan fingerprint density at radius 1 is 0.882 bits per heavy atom. The van der Waals surface area contributed by atoms with Crippen LogP contribution in [-0.4, -0.2) is 24.5 Å². The zero-order valence-corrected chi connectivity index (χ0v) is 19.7. The second-order valence-electron chi connectivity index (χ2n) is 10.8. The quantitative estimate of drug-likeness (QED) is 0.464. The van der Waals surface area contributed by atoms with E-state index in [0.29, 0.717) is 28.9 Å². The minimum atomic E-state index is 0.292. The summed E-state index contributed by atoms with van der Waals surface area (Å²) in [6, 6.07) is 26.1. The number of anilines is 1. The van der Waals surface area contributed by atoms with Gasteiger partial charge in [0.15, 0.2) is 0 Å². The van der Waals surface area contributed by atoms with Gasteiger partial charge in [0, 0.05) is 30.6 Å². The molecule has 3 aliphatic rings. The van der Waals surface area contributed by atoms with Gasteiger partial charge in [-0.1, -0.05) is 48.5 Å². The van der Waals surface area contributed by atoms with E-state index in [0.717, 1.165) is 45.1 Å². The SMILES string of the molecule is O=CC1CC2(CCN(c3ccc([C@@H]4c5ccc(O)cc5CC[C@@H]4c4ccccc4)cc3)CC2)C1. The van der Waals surface area contributed by atoms with Crippen molar-refractivity contribution in [2.75, 3.05) is 18.0 Å². The molecule has 1 saturated carbocycles. The topological polar surface area (TPSA) is 40.5 Å². The van der Waals surface area contributed by atoms with Gasteiger partial charge in [0.05, 0.1) is 0 Å². The number of phenolic OH excluding ortho intramolecular Hbond substituents is 1. The molecule has 2 fully saturated rings. The average molecular weight is 452 g/mol. The second kappa shape index (κ2) is 8.61. The largest absolute Gasteiger partial charge is 0.508 e. The lowest BCUT2D eigenvalue weighted by molar-refractivity contribution is -0.118. The number of carbonyl (C=O) groups is 1. The van der Waals surface area contributed by atoms with Crippen molar-refractivity contribution in [1.82, 2.24) is 0 Å². The first-order valence-corrected chi connectivity index (χ1v) is 12.8. The Morgan fingerprint density at radius 3 is 2.32 bits per heavy atom. The summed E-state index contributed by atoms with van der Waals surface area (Å²) < 4.78 is 0. The summed E-state index contributed by atoms with van der Waals surface area (Å²) >= 11 is 0. The number of hydrogen-bond donors (Lipinski definition) is 1. The summed E-state index contributed by atoms with van der Waals surface area (Å²) in [5, 5.41) is 10.1. The summed E-state index contributed by atoms with van der Waals surface area (Å²) in [4.78, 5) is 13.6. The number of phenols is 1. The Balaban J connectivity index is 1.26. The molecule has 3 heteroatoms. The van der Waals surface area contributed by atoms with Gasteiger partial charge in [0.1, 0.15) is 12.0 Å². The van der Waals surface area contributed by atoms with Crippen molar-refractivity contribution in [1.29, 1.82) is 0 Å². The predicted octanol–water partition coefficient (Wildman–Crippen LogP) is 6.45. The fourth-order valence-corrected chi connectivity index (χ4v) is 6.97. The molecule has 2 atom stereocenters. The van der Waals surface area contributed by atoms with E-state index in [1.54, 1.807) is 0 Å². The number of carbonyl (C=O) groups excluding carboxylic acids is 1. The van der Waals surface area contributed by atoms with Crippen molar-refractivity contribution in [2.24, 2.45) is 11.3 Å². The van der Waals surface area contributed by atoms with Crippen LogP contribution < -0.4 is 4.90 Å². The molecule has 0 bridgehead atoms. The molecule has 2 aliphatic carbocycles. The van der Waals surface area contributed by atoms with Gasteiger partial charge in [0.25, 0.3) is 0 Å². The van der Waals surface area contributed by atoms with Crippen molar-refractivity contribution in [3.05, 3.63) is 95.1 Å². The third kappa shape index (κ3) is 3.81. The van der Waals surface area contributed by atoms with Gasteiger partial charge in [0.2, 0.25) is 0 Å². The van der Waals surface area contributed by atoms with Crippen molar-refractivity contribution in [3.8, 4) is 5.75 Å².